The van der Waals surface area contributed by atoms with Gasteiger partial charge in [-0.15, -0.1) is 0 Å². The van der Waals surface area contributed by atoms with Crippen molar-refractivity contribution in [2.75, 3.05) is 11.4 Å². The summed E-state index contributed by atoms with van der Waals surface area (Å²) in [6.45, 7) is 3.26. The second kappa shape index (κ2) is 12.8. The first-order valence-electron chi connectivity index (χ1n) is 17.0. The highest BCUT2D eigenvalue weighted by Gasteiger charge is 2.22. The fourth-order valence-electron chi connectivity index (χ4n) is 7.49. The van der Waals surface area contributed by atoms with Crippen LogP contribution >= 0.6 is 0 Å². The van der Waals surface area contributed by atoms with E-state index in [1.54, 1.807) is 0 Å². The molecule has 1 aliphatic heterocycles. The molecule has 2 heteroatoms. The van der Waals surface area contributed by atoms with Gasteiger partial charge in [0.15, 0.2) is 0 Å². The monoisotopic (exact) mass is 608 g/mol. The van der Waals surface area contributed by atoms with Crippen LogP contribution in [0.3, 0.4) is 0 Å². The summed E-state index contributed by atoms with van der Waals surface area (Å²) in [5.41, 5.74) is 15.7. The normalized spacial score (nSPS) is 15.2. The van der Waals surface area contributed by atoms with Gasteiger partial charge >= 0.3 is 0 Å². The van der Waals surface area contributed by atoms with Gasteiger partial charge in [-0.2, -0.15) is 0 Å². The highest BCUT2D eigenvalue weighted by Crippen LogP contribution is 2.41. The van der Waals surface area contributed by atoms with Crippen LogP contribution in [0.25, 0.3) is 21.9 Å². The molecule has 2 aliphatic carbocycles. The van der Waals surface area contributed by atoms with E-state index in [4.69, 9.17) is 0 Å². The molecule has 0 atom stereocenters. The summed E-state index contributed by atoms with van der Waals surface area (Å²) in [6, 6.07) is 49.1. The molecule has 2 nitrogen and oxygen atoms in total. The van der Waals surface area contributed by atoms with Crippen molar-refractivity contribution in [3.63, 3.8) is 0 Å². The van der Waals surface area contributed by atoms with Crippen LogP contribution in [0, 0.1) is 6.92 Å². The molecule has 230 valence electrons. The minimum Gasteiger partial charge on any atom is -0.385 e. The third kappa shape index (κ3) is 5.77. The van der Waals surface area contributed by atoms with E-state index in [-0.39, 0.29) is 0 Å². The molecule has 0 bridgehead atoms. The predicted octanol–water partition coefficient (Wildman–Crippen LogP) is 11.5. The topological polar surface area (TPSA) is 15.3 Å². The zero-order valence-corrected chi connectivity index (χ0v) is 27.0. The number of hydrogen-bond donors (Lipinski definition) is 1. The van der Waals surface area contributed by atoms with Crippen molar-refractivity contribution < 1.29 is 0 Å². The van der Waals surface area contributed by atoms with Crippen LogP contribution in [0.4, 0.5) is 17.1 Å². The van der Waals surface area contributed by atoms with Gasteiger partial charge in [-0.1, -0.05) is 115 Å². The molecule has 0 spiro atoms. The average molecular weight is 609 g/mol. The van der Waals surface area contributed by atoms with Gasteiger partial charge in [0.1, 0.15) is 0 Å². The minimum absolute atomic E-state index is 1.04. The van der Waals surface area contributed by atoms with E-state index in [1.165, 1.54) is 61.0 Å². The molecular weight excluding hydrogens is 569 g/mol. The van der Waals surface area contributed by atoms with Crippen LogP contribution in [0.5, 0.6) is 0 Å². The van der Waals surface area contributed by atoms with E-state index in [0.717, 1.165) is 55.7 Å². The molecule has 0 saturated carbocycles. The van der Waals surface area contributed by atoms with Crippen LogP contribution < -0.4 is 10.2 Å². The number of rotatable bonds is 5. The van der Waals surface area contributed by atoms with Gasteiger partial charge in [0.2, 0.25) is 0 Å². The van der Waals surface area contributed by atoms with E-state index in [1.807, 2.05) is 0 Å². The lowest BCUT2D eigenvalue weighted by atomic mass is 9.87. The van der Waals surface area contributed by atoms with Crippen molar-refractivity contribution in [2.45, 2.75) is 39.0 Å². The standard InChI is InChI=1S/C45H40N2/c1-32-11-3-2-4-12-33-13-5-6-15-37(33)31-45(32)47(39-27-23-36(24-28-39)42-19-10-20-44-43(42)29-30-46-44)38-25-21-35(22-26-38)41-18-9-16-34-14-7-8-17-40(34)41/h2-8,11-15,17-18,20-28,31,46H,9-10,16,19,29-30H2,1H3. The zero-order chi connectivity index (χ0) is 31.6. The van der Waals surface area contributed by atoms with E-state index in [0.29, 0.717) is 0 Å². The Labute approximate surface area is 278 Å². The number of benzene rings is 4. The lowest BCUT2D eigenvalue weighted by Crippen LogP contribution is -2.11. The molecule has 0 aromatic heterocycles. The summed E-state index contributed by atoms with van der Waals surface area (Å²) < 4.78 is 0. The number of nitrogens with one attached hydrogen (secondary N) is 1. The van der Waals surface area contributed by atoms with Crippen molar-refractivity contribution in [3.8, 4) is 0 Å². The van der Waals surface area contributed by atoms with Gasteiger partial charge in [-0.25, -0.2) is 0 Å². The van der Waals surface area contributed by atoms with Gasteiger partial charge in [-0.3, -0.25) is 0 Å². The number of aryl methyl sites for hydroxylation is 2. The summed E-state index contributed by atoms with van der Waals surface area (Å²) in [7, 11) is 0. The number of nitrogens with zero attached hydrogens (tertiary/aromatic N) is 1. The molecular formula is C45H40N2. The highest BCUT2D eigenvalue weighted by molar-refractivity contribution is 5.89. The molecule has 1 saturated heterocycles. The van der Waals surface area contributed by atoms with Crippen LogP contribution in [0.15, 0.2) is 157 Å². The second-order valence-electron chi connectivity index (χ2n) is 12.8. The Morgan fingerprint density at radius 2 is 1.21 bits per heavy atom. The van der Waals surface area contributed by atoms with Crippen molar-refractivity contribution in [1.82, 2.24) is 5.32 Å². The predicted molar refractivity (Wildman–Crippen MR) is 200 cm³/mol. The Hall–Kier alpha value is -5.34. The highest BCUT2D eigenvalue weighted by atomic mass is 15.1. The summed E-state index contributed by atoms with van der Waals surface area (Å²) in [5.74, 6) is 0. The van der Waals surface area contributed by atoms with Gasteiger partial charge in [-0.05, 0) is 125 Å². The first kappa shape index (κ1) is 29.1. The number of allylic oxidation sites excluding steroid dienone is 4. The molecule has 0 unspecified atom stereocenters. The third-order valence-corrected chi connectivity index (χ3v) is 9.88. The first-order chi connectivity index (χ1) is 23.2. The van der Waals surface area contributed by atoms with E-state index in [9.17, 15) is 0 Å². The second-order valence-corrected chi connectivity index (χ2v) is 12.8. The van der Waals surface area contributed by atoms with Crippen LogP contribution in [-0.2, 0) is 6.42 Å². The summed E-state index contributed by atoms with van der Waals surface area (Å²) in [6.07, 6.45) is 10.3. The van der Waals surface area contributed by atoms with Crippen molar-refractivity contribution >= 4 is 39.0 Å². The lowest BCUT2D eigenvalue weighted by molar-refractivity contribution is 0.907. The Morgan fingerprint density at radius 3 is 2.02 bits per heavy atom. The fraction of sp³-hybridized carbons (Fsp3) is 0.156. The lowest BCUT2D eigenvalue weighted by Gasteiger charge is -2.28. The molecule has 1 fully saturated rings. The van der Waals surface area contributed by atoms with Gasteiger partial charge in [0.05, 0.1) is 0 Å². The smallest absolute Gasteiger partial charge is 0.0496 e. The SMILES string of the molecule is Cc1cccccc2ccccc2cc1N(c1ccc(C2=CCCc3ccccc32)cc1)c1ccc(C2=C3CCNC3=CCC2)cc1. The molecule has 5 aromatic rings. The van der Waals surface area contributed by atoms with E-state index in [2.05, 4.69) is 163 Å². The Bertz CT molecular complexity index is 2110. The first-order valence-corrected chi connectivity index (χ1v) is 17.0. The van der Waals surface area contributed by atoms with Crippen LogP contribution in [0.1, 0.15) is 53.5 Å². The molecule has 1 N–H and O–H groups in total. The van der Waals surface area contributed by atoms with Crippen LogP contribution in [0.2, 0.25) is 0 Å². The molecule has 1 heterocycles. The molecule has 5 aromatic carbocycles. The fourth-order valence-corrected chi connectivity index (χ4v) is 7.49. The van der Waals surface area contributed by atoms with Gasteiger partial charge in [0.25, 0.3) is 0 Å². The zero-order valence-electron chi connectivity index (χ0n) is 27.0. The van der Waals surface area contributed by atoms with Crippen molar-refractivity contribution in [2.24, 2.45) is 0 Å². The Morgan fingerprint density at radius 1 is 0.553 bits per heavy atom. The van der Waals surface area contributed by atoms with Crippen molar-refractivity contribution in [3.05, 3.63) is 185 Å². The number of fused-ring (bicyclic) bond motifs is 3. The number of anilines is 3. The molecule has 0 radical (unpaired) electrons. The Balaban J connectivity index is 1.27. The Kier molecular flexibility index (Phi) is 7.93. The largest absolute Gasteiger partial charge is 0.385 e. The van der Waals surface area contributed by atoms with Crippen LogP contribution in [-0.4, -0.2) is 6.54 Å². The van der Waals surface area contributed by atoms with E-state index < -0.39 is 0 Å². The summed E-state index contributed by atoms with van der Waals surface area (Å²) >= 11 is 0. The maximum Gasteiger partial charge on any atom is 0.0496 e. The molecule has 0 amide bonds. The quantitative estimate of drug-likeness (QED) is 0.214. The minimum atomic E-state index is 1.04. The molecule has 8 rings (SSSR count). The van der Waals surface area contributed by atoms with E-state index >= 15 is 0 Å². The van der Waals surface area contributed by atoms with Crippen molar-refractivity contribution in [1.29, 1.82) is 0 Å². The number of hydrogen-bond acceptors (Lipinski definition) is 2. The summed E-state index contributed by atoms with van der Waals surface area (Å²) in [4.78, 5) is 2.43. The average Bonchev–Trinajstić information content (AvgIpc) is 3.62. The third-order valence-electron chi connectivity index (χ3n) is 9.88. The maximum absolute atomic E-state index is 3.59. The molecule has 47 heavy (non-hydrogen) atoms. The maximum atomic E-state index is 3.59. The molecule has 3 aliphatic rings. The van der Waals surface area contributed by atoms with Gasteiger partial charge in [0, 0.05) is 29.3 Å². The summed E-state index contributed by atoms with van der Waals surface area (Å²) in [5, 5.41) is 5.99. The van der Waals surface area contributed by atoms with Gasteiger partial charge < -0.3 is 10.2 Å².